The lowest BCUT2D eigenvalue weighted by atomic mass is 10.1. The van der Waals surface area contributed by atoms with E-state index in [9.17, 15) is 0 Å². The molecular weight excluding hydrogens is 253 g/mol. The number of para-hydroxylation sites is 1. The number of nitrogens with zero attached hydrogens (tertiary/aromatic N) is 1. The molecule has 1 atom stereocenters. The lowest BCUT2D eigenvalue weighted by Gasteiger charge is -2.05. The second kappa shape index (κ2) is 3.94. The Morgan fingerprint density at radius 1 is 0.824 bits per heavy atom. The van der Waals surface area contributed by atoms with E-state index in [0.717, 1.165) is 11.3 Å². The monoisotopic (exact) mass is 263 g/mol. The molecule has 1 aliphatic rings. The molecule has 3 heteroatoms. The largest absolute Gasteiger partial charge is 0.326 e. The maximum atomic E-state index is 6.33. The predicted octanol–water partition coefficient (Wildman–Crippen LogP) is 4.38. The van der Waals surface area contributed by atoms with E-state index in [2.05, 4.69) is 0 Å². The quantitative estimate of drug-likeness (QED) is 0.442. The van der Waals surface area contributed by atoms with E-state index in [0.29, 0.717) is 0 Å². The first kappa shape index (κ1) is 10.9. The van der Waals surface area contributed by atoms with Gasteiger partial charge in [-0.3, -0.25) is 0 Å². The van der Waals surface area contributed by atoms with Gasteiger partial charge in [0, 0.05) is 5.69 Å². The summed E-state index contributed by atoms with van der Waals surface area (Å²) >= 11 is 12.7. The highest BCUT2D eigenvalue weighted by atomic mass is 35.5. The molecule has 2 aromatic rings. The number of hydrogen-bond acceptors (Lipinski definition) is 1. The molecule has 1 unspecified atom stereocenters. The molecule has 2 aromatic carbocycles. The molecule has 0 radical (unpaired) electrons. The van der Waals surface area contributed by atoms with Crippen LogP contribution in [0.25, 0.3) is 0 Å². The van der Waals surface area contributed by atoms with Crippen LogP contribution in [0, 0.1) is 0 Å². The Morgan fingerprint density at radius 2 is 1.35 bits per heavy atom. The van der Waals surface area contributed by atoms with Crippen molar-refractivity contribution in [2.24, 2.45) is 0 Å². The molecule has 0 saturated carbocycles. The highest BCUT2D eigenvalue weighted by molar-refractivity contribution is 6.53. The van der Waals surface area contributed by atoms with Crippen LogP contribution in [0.4, 0.5) is 5.69 Å². The molecule has 3 rings (SSSR count). The van der Waals surface area contributed by atoms with E-state index < -0.39 is 4.46 Å². The van der Waals surface area contributed by atoms with E-state index in [1.54, 1.807) is 0 Å². The molecule has 1 aliphatic heterocycles. The van der Waals surface area contributed by atoms with Gasteiger partial charge in [-0.15, -0.1) is 0 Å². The van der Waals surface area contributed by atoms with E-state index in [4.69, 9.17) is 23.2 Å². The van der Waals surface area contributed by atoms with Crippen LogP contribution in [0.2, 0.25) is 0 Å². The van der Waals surface area contributed by atoms with Crippen molar-refractivity contribution in [3.8, 4) is 0 Å². The summed E-state index contributed by atoms with van der Waals surface area (Å²) in [5.41, 5.74) is 2.19. The fraction of sp³-hybridized carbons (Fsp3) is 0.143. The minimum Gasteiger partial charge on any atom is -0.326 e. The zero-order valence-corrected chi connectivity index (χ0v) is 10.6. The van der Waals surface area contributed by atoms with Gasteiger partial charge in [-0.05, 0) is 17.7 Å². The Morgan fingerprint density at radius 3 is 1.94 bits per heavy atom. The van der Waals surface area contributed by atoms with Crippen molar-refractivity contribution in [2.75, 3.05) is 4.90 Å². The lowest BCUT2D eigenvalue weighted by molar-refractivity contribution is 1.10. The fourth-order valence-electron chi connectivity index (χ4n) is 2.14. The van der Waals surface area contributed by atoms with Crippen LogP contribution in [0.5, 0.6) is 0 Å². The maximum Gasteiger partial charge on any atom is 0.215 e. The van der Waals surface area contributed by atoms with Gasteiger partial charge in [-0.1, -0.05) is 71.7 Å². The number of hydrogen-bond donors (Lipinski definition) is 0. The summed E-state index contributed by atoms with van der Waals surface area (Å²) in [5, 5.41) is 0. The first-order chi connectivity index (χ1) is 8.21. The zero-order chi connectivity index (χ0) is 11.9. The van der Waals surface area contributed by atoms with Gasteiger partial charge in [0.15, 0.2) is 0 Å². The Labute approximate surface area is 111 Å². The summed E-state index contributed by atoms with van der Waals surface area (Å²) in [6.07, 6.45) is 0. The molecule has 86 valence electrons. The standard InChI is InChI=1S/C14H11Cl2N/c15-14(16)13(11-7-3-1-4-8-11)17(14)12-9-5-2-6-10-12/h1-10,13H. The molecule has 1 heterocycles. The molecule has 0 aliphatic carbocycles. The minimum absolute atomic E-state index is 0.0365. The lowest BCUT2D eigenvalue weighted by Crippen LogP contribution is -2.00. The van der Waals surface area contributed by atoms with Crippen LogP contribution in [0.3, 0.4) is 0 Å². The number of benzene rings is 2. The third kappa shape index (κ3) is 1.80. The molecule has 0 amide bonds. The van der Waals surface area contributed by atoms with E-state index in [1.165, 1.54) is 0 Å². The van der Waals surface area contributed by atoms with Crippen LogP contribution in [0.15, 0.2) is 60.7 Å². The third-order valence-corrected chi connectivity index (χ3v) is 3.77. The van der Waals surface area contributed by atoms with Gasteiger partial charge in [-0.25, -0.2) is 0 Å². The first-order valence-electron chi connectivity index (χ1n) is 5.48. The Bertz CT molecular complexity index is 463. The van der Waals surface area contributed by atoms with Crippen molar-refractivity contribution in [3.05, 3.63) is 66.2 Å². The average Bonchev–Trinajstić information content (AvgIpc) is 2.94. The smallest absolute Gasteiger partial charge is 0.215 e. The topological polar surface area (TPSA) is 3.01 Å². The Hall–Kier alpha value is -1.18. The maximum absolute atomic E-state index is 6.33. The van der Waals surface area contributed by atoms with Crippen LogP contribution >= 0.6 is 23.2 Å². The highest BCUT2D eigenvalue weighted by Crippen LogP contribution is 2.61. The molecular formula is C14H11Cl2N. The summed E-state index contributed by atoms with van der Waals surface area (Å²) in [4.78, 5) is 2.01. The number of halogens is 2. The van der Waals surface area contributed by atoms with Crippen molar-refractivity contribution >= 4 is 28.9 Å². The number of rotatable bonds is 2. The van der Waals surface area contributed by atoms with Crippen molar-refractivity contribution in [3.63, 3.8) is 0 Å². The van der Waals surface area contributed by atoms with Crippen molar-refractivity contribution < 1.29 is 0 Å². The van der Waals surface area contributed by atoms with Gasteiger partial charge in [0.2, 0.25) is 4.46 Å². The summed E-state index contributed by atoms with van der Waals surface area (Å²) in [6.45, 7) is 0. The molecule has 0 N–H and O–H groups in total. The average molecular weight is 264 g/mol. The summed E-state index contributed by atoms with van der Waals surface area (Å²) in [5.74, 6) is 0. The third-order valence-electron chi connectivity index (χ3n) is 2.99. The van der Waals surface area contributed by atoms with E-state index in [1.807, 2.05) is 65.6 Å². The highest BCUT2D eigenvalue weighted by Gasteiger charge is 2.61. The molecule has 0 spiro atoms. The van der Waals surface area contributed by atoms with Crippen LogP contribution in [0.1, 0.15) is 11.6 Å². The summed E-state index contributed by atoms with van der Waals surface area (Å²) < 4.78 is -0.831. The molecule has 1 saturated heterocycles. The molecule has 1 nitrogen and oxygen atoms in total. The molecule has 0 bridgehead atoms. The van der Waals surface area contributed by atoms with Gasteiger partial charge in [0.25, 0.3) is 0 Å². The van der Waals surface area contributed by atoms with Gasteiger partial charge >= 0.3 is 0 Å². The Balaban J connectivity index is 1.95. The SMILES string of the molecule is ClC1(Cl)C(c2ccccc2)N1c1ccccc1. The van der Waals surface area contributed by atoms with Gasteiger partial charge in [0.05, 0.1) is 0 Å². The number of anilines is 1. The van der Waals surface area contributed by atoms with Gasteiger partial charge in [-0.2, -0.15) is 0 Å². The zero-order valence-electron chi connectivity index (χ0n) is 9.05. The predicted molar refractivity (Wildman–Crippen MR) is 72.5 cm³/mol. The molecule has 1 fully saturated rings. The second-order valence-electron chi connectivity index (χ2n) is 4.11. The Kier molecular flexibility index (Phi) is 2.53. The molecule has 0 aromatic heterocycles. The van der Waals surface area contributed by atoms with E-state index in [-0.39, 0.29) is 6.04 Å². The number of alkyl halides is 2. The van der Waals surface area contributed by atoms with Crippen LogP contribution in [-0.4, -0.2) is 4.46 Å². The summed E-state index contributed by atoms with van der Waals surface area (Å²) in [6, 6.07) is 20.1. The van der Waals surface area contributed by atoms with Crippen molar-refractivity contribution in [2.45, 2.75) is 10.5 Å². The van der Waals surface area contributed by atoms with E-state index >= 15 is 0 Å². The van der Waals surface area contributed by atoms with Crippen LogP contribution < -0.4 is 4.90 Å². The first-order valence-corrected chi connectivity index (χ1v) is 6.24. The molecule has 17 heavy (non-hydrogen) atoms. The van der Waals surface area contributed by atoms with Crippen molar-refractivity contribution in [1.82, 2.24) is 0 Å². The fourth-order valence-corrected chi connectivity index (χ4v) is 2.88. The normalized spacial score (nSPS) is 21.3. The van der Waals surface area contributed by atoms with Crippen molar-refractivity contribution in [1.29, 1.82) is 0 Å². The summed E-state index contributed by atoms with van der Waals surface area (Å²) in [7, 11) is 0. The second-order valence-corrected chi connectivity index (χ2v) is 5.45. The van der Waals surface area contributed by atoms with Crippen LogP contribution in [-0.2, 0) is 0 Å². The van der Waals surface area contributed by atoms with Gasteiger partial charge in [0.1, 0.15) is 6.04 Å². The van der Waals surface area contributed by atoms with Gasteiger partial charge < -0.3 is 4.90 Å². The minimum atomic E-state index is -0.831.